The molecule has 1 aliphatic carbocycles. The van der Waals surface area contributed by atoms with E-state index < -0.39 is 0 Å². The normalized spacial score (nSPS) is 20.8. The van der Waals surface area contributed by atoms with Gasteiger partial charge in [0.15, 0.2) is 0 Å². The SMILES string of the molecule is Cc1cnoc1C(=O)N1CCC(NCC2CC2)CC1. The smallest absolute Gasteiger partial charge is 0.292 e. The summed E-state index contributed by atoms with van der Waals surface area (Å²) in [5, 5.41) is 7.29. The van der Waals surface area contributed by atoms with Crippen LogP contribution in [-0.2, 0) is 0 Å². The Labute approximate surface area is 113 Å². The molecule has 5 heteroatoms. The van der Waals surface area contributed by atoms with Crippen LogP contribution in [0, 0.1) is 12.8 Å². The zero-order valence-corrected chi connectivity index (χ0v) is 11.4. The van der Waals surface area contributed by atoms with Crippen molar-refractivity contribution in [2.75, 3.05) is 19.6 Å². The van der Waals surface area contributed by atoms with Crippen molar-refractivity contribution in [3.05, 3.63) is 17.5 Å². The lowest BCUT2D eigenvalue weighted by Crippen LogP contribution is -2.45. The molecule has 0 spiro atoms. The molecule has 0 radical (unpaired) electrons. The zero-order chi connectivity index (χ0) is 13.2. The number of likely N-dealkylation sites (tertiary alicyclic amines) is 1. The van der Waals surface area contributed by atoms with Gasteiger partial charge >= 0.3 is 0 Å². The molecule has 1 aliphatic heterocycles. The van der Waals surface area contributed by atoms with Crippen LogP contribution in [0.25, 0.3) is 0 Å². The van der Waals surface area contributed by atoms with Gasteiger partial charge in [0.25, 0.3) is 5.91 Å². The van der Waals surface area contributed by atoms with E-state index in [4.69, 9.17) is 4.52 Å². The summed E-state index contributed by atoms with van der Waals surface area (Å²) < 4.78 is 5.04. The number of carbonyl (C=O) groups excluding carboxylic acids is 1. The molecule has 0 atom stereocenters. The van der Waals surface area contributed by atoms with E-state index >= 15 is 0 Å². The average molecular weight is 263 g/mol. The second-order valence-corrected chi connectivity index (χ2v) is 5.76. The first-order chi connectivity index (χ1) is 9.24. The van der Waals surface area contributed by atoms with E-state index in [0.717, 1.165) is 44.0 Å². The van der Waals surface area contributed by atoms with Gasteiger partial charge in [-0.15, -0.1) is 0 Å². The molecule has 19 heavy (non-hydrogen) atoms. The van der Waals surface area contributed by atoms with Crippen LogP contribution in [0.2, 0.25) is 0 Å². The first-order valence-corrected chi connectivity index (χ1v) is 7.18. The molecule has 1 aromatic rings. The first-order valence-electron chi connectivity index (χ1n) is 7.18. The van der Waals surface area contributed by atoms with E-state index in [1.807, 2.05) is 11.8 Å². The van der Waals surface area contributed by atoms with E-state index in [9.17, 15) is 4.79 Å². The third kappa shape index (κ3) is 2.97. The van der Waals surface area contributed by atoms with Crippen molar-refractivity contribution in [2.24, 2.45) is 5.92 Å². The second kappa shape index (κ2) is 5.33. The van der Waals surface area contributed by atoms with Gasteiger partial charge in [0.1, 0.15) is 0 Å². The fraction of sp³-hybridized carbons (Fsp3) is 0.714. The van der Waals surface area contributed by atoms with Crippen LogP contribution < -0.4 is 5.32 Å². The highest BCUT2D eigenvalue weighted by molar-refractivity contribution is 5.92. The maximum atomic E-state index is 12.2. The van der Waals surface area contributed by atoms with Crippen molar-refractivity contribution >= 4 is 5.91 Å². The van der Waals surface area contributed by atoms with Crippen molar-refractivity contribution in [3.8, 4) is 0 Å². The molecular formula is C14H21N3O2. The lowest BCUT2D eigenvalue weighted by atomic mass is 10.0. The maximum Gasteiger partial charge on any atom is 0.292 e. The summed E-state index contributed by atoms with van der Waals surface area (Å²) in [6, 6.07) is 0.570. The Morgan fingerprint density at radius 3 is 2.74 bits per heavy atom. The summed E-state index contributed by atoms with van der Waals surface area (Å²) in [6.07, 6.45) is 6.43. The average Bonchev–Trinajstić information content (AvgIpc) is 3.17. The number of nitrogens with one attached hydrogen (secondary N) is 1. The molecule has 104 valence electrons. The number of piperidine rings is 1. The van der Waals surface area contributed by atoms with Crippen molar-refractivity contribution in [2.45, 2.75) is 38.6 Å². The molecule has 0 bridgehead atoms. The minimum absolute atomic E-state index is 0.0179. The van der Waals surface area contributed by atoms with Crippen LogP contribution >= 0.6 is 0 Å². The number of aromatic nitrogens is 1. The van der Waals surface area contributed by atoms with Crippen molar-refractivity contribution < 1.29 is 9.32 Å². The Morgan fingerprint density at radius 2 is 2.16 bits per heavy atom. The van der Waals surface area contributed by atoms with E-state index in [-0.39, 0.29) is 5.91 Å². The topological polar surface area (TPSA) is 58.4 Å². The molecule has 3 rings (SSSR count). The molecule has 1 aromatic heterocycles. The third-order valence-corrected chi connectivity index (χ3v) is 4.12. The largest absolute Gasteiger partial charge is 0.351 e. The van der Waals surface area contributed by atoms with Gasteiger partial charge in [-0.25, -0.2) is 0 Å². The Balaban J connectivity index is 1.49. The van der Waals surface area contributed by atoms with Crippen LogP contribution in [0.1, 0.15) is 41.8 Å². The first kappa shape index (κ1) is 12.7. The number of rotatable bonds is 4. The van der Waals surface area contributed by atoms with Crippen molar-refractivity contribution in [3.63, 3.8) is 0 Å². The van der Waals surface area contributed by atoms with Gasteiger partial charge in [-0.2, -0.15) is 0 Å². The molecule has 2 fully saturated rings. The highest BCUT2D eigenvalue weighted by Crippen LogP contribution is 2.28. The predicted molar refractivity (Wildman–Crippen MR) is 70.9 cm³/mol. The molecule has 0 aromatic carbocycles. The van der Waals surface area contributed by atoms with Gasteiger partial charge in [-0.1, -0.05) is 5.16 Å². The second-order valence-electron chi connectivity index (χ2n) is 5.76. The summed E-state index contributed by atoms with van der Waals surface area (Å²) in [5.41, 5.74) is 0.819. The fourth-order valence-corrected chi connectivity index (χ4v) is 2.58. The van der Waals surface area contributed by atoms with Crippen LogP contribution in [0.5, 0.6) is 0 Å². The van der Waals surface area contributed by atoms with Gasteiger partial charge < -0.3 is 14.7 Å². The number of amides is 1. The molecule has 0 unspecified atom stereocenters. The predicted octanol–water partition coefficient (Wildman–Crippen LogP) is 1.59. The van der Waals surface area contributed by atoms with Gasteiger partial charge in [0.05, 0.1) is 6.20 Å². The highest BCUT2D eigenvalue weighted by atomic mass is 16.5. The van der Waals surface area contributed by atoms with E-state index in [2.05, 4.69) is 10.5 Å². The summed E-state index contributed by atoms with van der Waals surface area (Å²) in [6.45, 7) is 4.62. The molecule has 2 heterocycles. The summed E-state index contributed by atoms with van der Waals surface area (Å²) in [4.78, 5) is 14.1. The number of hydrogen-bond acceptors (Lipinski definition) is 4. The molecule has 5 nitrogen and oxygen atoms in total. The van der Waals surface area contributed by atoms with Gasteiger partial charge in [-0.05, 0) is 45.1 Å². The summed E-state index contributed by atoms with van der Waals surface area (Å²) in [7, 11) is 0. The molecule has 1 amide bonds. The molecule has 1 saturated heterocycles. The van der Waals surface area contributed by atoms with E-state index in [0.29, 0.717) is 11.8 Å². The summed E-state index contributed by atoms with van der Waals surface area (Å²) >= 11 is 0. The Hall–Kier alpha value is -1.36. The third-order valence-electron chi connectivity index (χ3n) is 4.12. The monoisotopic (exact) mass is 263 g/mol. The molecular weight excluding hydrogens is 242 g/mol. The minimum atomic E-state index is -0.0179. The van der Waals surface area contributed by atoms with Gasteiger partial charge in [0.2, 0.25) is 5.76 Å². The van der Waals surface area contributed by atoms with E-state index in [1.54, 1.807) is 6.20 Å². The lowest BCUT2D eigenvalue weighted by molar-refractivity contribution is 0.0662. The van der Waals surface area contributed by atoms with Crippen molar-refractivity contribution in [1.82, 2.24) is 15.4 Å². The van der Waals surface area contributed by atoms with E-state index in [1.165, 1.54) is 12.8 Å². The molecule has 1 N–H and O–H groups in total. The van der Waals surface area contributed by atoms with Crippen LogP contribution in [-0.4, -0.2) is 41.6 Å². The van der Waals surface area contributed by atoms with Crippen LogP contribution in [0.15, 0.2) is 10.7 Å². The fourth-order valence-electron chi connectivity index (χ4n) is 2.58. The van der Waals surface area contributed by atoms with Crippen LogP contribution in [0.3, 0.4) is 0 Å². The Kier molecular flexibility index (Phi) is 3.55. The lowest BCUT2D eigenvalue weighted by Gasteiger charge is -2.32. The quantitative estimate of drug-likeness (QED) is 0.896. The standard InChI is InChI=1S/C14H21N3O2/c1-10-8-16-19-13(10)14(18)17-6-4-12(5-7-17)15-9-11-2-3-11/h8,11-12,15H,2-7,9H2,1H3. The number of hydrogen-bond donors (Lipinski definition) is 1. The molecule has 1 saturated carbocycles. The minimum Gasteiger partial charge on any atom is -0.351 e. The zero-order valence-electron chi connectivity index (χ0n) is 11.4. The van der Waals surface area contributed by atoms with Gasteiger partial charge in [-0.3, -0.25) is 4.79 Å². The summed E-state index contributed by atoms with van der Waals surface area (Å²) in [5.74, 6) is 1.29. The Bertz CT molecular complexity index is 445. The van der Waals surface area contributed by atoms with Crippen molar-refractivity contribution in [1.29, 1.82) is 0 Å². The number of aryl methyl sites for hydroxylation is 1. The number of nitrogens with zero attached hydrogens (tertiary/aromatic N) is 2. The van der Waals surface area contributed by atoms with Crippen LogP contribution in [0.4, 0.5) is 0 Å². The maximum absolute atomic E-state index is 12.2. The Morgan fingerprint density at radius 1 is 1.42 bits per heavy atom. The molecule has 2 aliphatic rings. The highest BCUT2D eigenvalue weighted by Gasteiger charge is 2.28. The number of carbonyl (C=O) groups is 1. The van der Waals surface area contributed by atoms with Gasteiger partial charge in [0, 0.05) is 24.7 Å².